The van der Waals surface area contributed by atoms with Gasteiger partial charge in [0, 0.05) is 32.3 Å². The zero-order valence-corrected chi connectivity index (χ0v) is 12.7. The number of carbonyl (C=O) groups excluding carboxylic acids is 1. The van der Waals surface area contributed by atoms with Crippen LogP contribution in [-0.2, 0) is 17.7 Å². The number of methoxy groups -OCH3 is 1. The molecule has 1 unspecified atom stereocenters. The topological polar surface area (TPSA) is 41.6 Å². The molecule has 0 bridgehead atoms. The molecule has 0 aliphatic carbocycles. The summed E-state index contributed by atoms with van der Waals surface area (Å²) in [7, 11) is 1.73. The van der Waals surface area contributed by atoms with Gasteiger partial charge in [0.05, 0.1) is 6.61 Å². The predicted molar refractivity (Wildman–Crippen MR) is 82.4 cm³/mol. The lowest BCUT2D eigenvalue weighted by Crippen LogP contribution is -2.41. The van der Waals surface area contributed by atoms with Gasteiger partial charge in [-0.15, -0.1) is 0 Å². The fourth-order valence-electron chi connectivity index (χ4n) is 3.42. The Balaban J connectivity index is 1.72. The second kappa shape index (κ2) is 6.58. The smallest absolute Gasteiger partial charge is 0.253 e. The number of likely N-dealkylation sites (tertiary alicyclic amines) is 1. The van der Waals surface area contributed by atoms with Crippen molar-refractivity contribution in [3.63, 3.8) is 0 Å². The summed E-state index contributed by atoms with van der Waals surface area (Å²) in [5.41, 5.74) is 3.48. The molecule has 1 saturated heterocycles. The zero-order chi connectivity index (χ0) is 14.7. The summed E-state index contributed by atoms with van der Waals surface area (Å²) >= 11 is 0. The van der Waals surface area contributed by atoms with Gasteiger partial charge in [0.1, 0.15) is 0 Å². The third-order valence-corrected chi connectivity index (χ3v) is 4.55. The van der Waals surface area contributed by atoms with Crippen LogP contribution in [0.5, 0.6) is 0 Å². The maximum absolute atomic E-state index is 12.7. The maximum atomic E-state index is 12.7. The van der Waals surface area contributed by atoms with Crippen molar-refractivity contribution in [1.29, 1.82) is 0 Å². The molecular formula is C17H24N2O2. The Hall–Kier alpha value is -1.39. The van der Waals surface area contributed by atoms with Crippen molar-refractivity contribution in [3.8, 4) is 0 Å². The molecule has 4 nitrogen and oxygen atoms in total. The van der Waals surface area contributed by atoms with Gasteiger partial charge in [-0.2, -0.15) is 0 Å². The summed E-state index contributed by atoms with van der Waals surface area (Å²) in [6.45, 7) is 4.35. The van der Waals surface area contributed by atoms with Gasteiger partial charge in [0.25, 0.3) is 5.91 Å². The van der Waals surface area contributed by atoms with E-state index in [0.29, 0.717) is 5.92 Å². The van der Waals surface area contributed by atoms with Crippen LogP contribution in [0.3, 0.4) is 0 Å². The molecular weight excluding hydrogens is 264 g/mol. The van der Waals surface area contributed by atoms with Gasteiger partial charge >= 0.3 is 0 Å². The van der Waals surface area contributed by atoms with Crippen molar-refractivity contribution < 1.29 is 9.53 Å². The predicted octanol–water partition coefficient (Wildman–Crippen LogP) is 1.83. The van der Waals surface area contributed by atoms with E-state index in [0.717, 1.165) is 57.6 Å². The van der Waals surface area contributed by atoms with E-state index in [1.807, 2.05) is 11.0 Å². The van der Waals surface area contributed by atoms with Gasteiger partial charge in [-0.25, -0.2) is 0 Å². The number of hydrogen-bond acceptors (Lipinski definition) is 3. The van der Waals surface area contributed by atoms with Gasteiger partial charge in [-0.3, -0.25) is 4.79 Å². The van der Waals surface area contributed by atoms with Crippen LogP contribution >= 0.6 is 0 Å². The Morgan fingerprint density at radius 3 is 3.19 bits per heavy atom. The Bertz CT molecular complexity index is 514. The van der Waals surface area contributed by atoms with Gasteiger partial charge in [-0.05, 0) is 55.0 Å². The first-order valence-corrected chi connectivity index (χ1v) is 7.88. The van der Waals surface area contributed by atoms with Gasteiger partial charge in [0.2, 0.25) is 0 Å². The second-order valence-electron chi connectivity index (χ2n) is 6.13. The number of nitrogens with one attached hydrogen (secondary N) is 1. The summed E-state index contributed by atoms with van der Waals surface area (Å²) in [4.78, 5) is 14.7. The number of benzene rings is 1. The van der Waals surface area contributed by atoms with E-state index in [-0.39, 0.29) is 5.91 Å². The van der Waals surface area contributed by atoms with E-state index in [2.05, 4.69) is 17.4 Å². The minimum Gasteiger partial charge on any atom is -0.384 e. The number of fused-ring (bicyclic) bond motifs is 1. The third kappa shape index (κ3) is 3.27. The molecule has 1 aromatic carbocycles. The normalized spacial score (nSPS) is 22.0. The SMILES string of the molecule is COCC1CCCN(C(=O)c2ccc3c(c2)CNCC3)C1. The summed E-state index contributed by atoms with van der Waals surface area (Å²) < 4.78 is 5.24. The number of nitrogens with zero attached hydrogens (tertiary/aromatic N) is 1. The summed E-state index contributed by atoms with van der Waals surface area (Å²) in [6, 6.07) is 6.19. The summed E-state index contributed by atoms with van der Waals surface area (Å²) in [5, 5.41) is 3.37. The number of hydrogen-bond donors (Lipinski definition) is 1. The van der Waals surface area contributed by atoms with Crippen molar-refractivity contribution >= 4 is 5.91 Å². The molecule has 3 rings (SSSR count). The quantitative estimate of drug-likeness (QED) is 0.922. The Labute approximate surface area is 126 Å². The van der Waals surface area contributed by atoms with Gasteiger partial charge < -0.3 is 15.0 Å². The van der Waals surface area contributed by atoms with Crippen LogP contribution in [-0.4, -0.2) is 44.2 Å². The van der Waals surface area contributed by atoms with Crippen LogP contribution in [0.25, 0.3) is 0 Å². The van der Waals surface area contributed by atoms with E-state index in [9.17, 15) is 4.79 Å². The van der Waals surface area contributed by atoms with Crippen LogP contribution in [0.4, 0.5) is 0 Å². The van der Waals surface area contributed by atoms with Crippen molar-refractivity contribution in [3.05, 3.63) is 34.9 Å². The fourth-order valence-corrected chi connectivity index (χ4v) is 3.42. The molecule has 1 N–H and O–H groups in total. The molecule has 2 aliphatic rings. The first kappa shape index (κ1) is 14.5. The summed E-state index contributed by atoms with van der Waals surface area (Å²) in [6.07, 6.45) is 3.29. The molecule has 114 valence electrons. The highest BCUT2D eigenvalue weighted by atomic mass is 16.5. The van der Waals surface area contributed by atoms with Crippen molar-refractivity contribution in [2.45, 2.75) is 25.8 Å². The number of piperidine rings is 1. The highest BCUT2D eigenvalue weighted by Gasteiger charge is 2.25. The first-order chi connectivity index (χ1) is 10.3. The largest absolute Gasteiger partial charge is 0.384 e. The van der Waals surface area contributed by atoms with Crippen molar-refractivity contribution in [1.82, 2.24) is 10.2 Å². The molecule has 1 amide bonds. The van der Waals surface area contributed by atoms with Crippen LogP contribution in [0.1, 0.15) is 34.3 Å². The molecule has 4 heteroatoms. The number of carbonyl (C=O) groups is 1. The molecule has 1 aromatic rings. The number of rotatable bonds is 3. The van der Waals surface area contributed by atoms with Crippen LogP contribution in [0, 0.1) is 5.92 Å². The van der Waals surface area contributed by atoms with Crippen LogP contribution in [0.2, 0.25) is 0 Å². The first-order valence-electron chi connectivity index (χ1n) is 7.88. The average Bonchev–Trinajstić information content (AvgIpc) is 2.54. The van der Waals surface area contributed by atoms with Gasteiger partial charge in [-0.1, -0.05) is 6.07 Å². The standard InChI is InChI=1S/C17H24N2O2/c1-21-12-13-3-2-8-19(11-13)17(20)15-5-4-14-6-7-18-10-16(14)9-15/h4-5,9,13,18H,2-3,6-8,10-12H2,1H3. The van der Waals surface area contributed by atoms with Crippen molar-refractivity contribution in [2.75, 3.05) is 33.4 Å². The lowest BCUT2D eigenvalue weighted by atomic mass is 9.96. The zero-order valence-electron chi connectivity index (χ0n) is 12.7. The second-order valence-corrected chi connectivity index (χ2v) is 6.13. The maximum Gasteiger partial charge on any atom is 0.253 e. The van der Waals surface area contributed by atoms with Crippen molar-refractivity contribution in [2.24, 2.45) is 5.92 Å². The van der Waals surface area contributed by atoms with E-state index >= 15 is 0 Å². The minimum atomic E-state index is 0.171. The third-order valence-electron chi connectivity index (χ3n) is 4.55. The molecule has 0 spiro atoms. The molecule has 2 heterocycles. The summed E-state index contributed by atoms with van der Waals surface area (Å²) in [5.74, 6) is 0.649. The highest BCUT2D eigenvalue weighted by molar-refractivity contribution is 5.94. The average molecular weight is 288 g/mol. The number of ether oxygens (including phenoxy) is 1. The molecule has 1 atom stereocenters. The molecule has 0 radical (unpaired) electrons. The van der Waals surface area contributed by atoms with E-state index in [1.54, 1.807) is 7.11 Å². The fraction of sp³-hybridized carbons (Fsp3) is 0.588. The van der Waals surface area contributed by atoms with E-state index < -0.39 is 0 Å². The molecule has 1 fully saturated rings. The van der Waals surface area contributed by atoms with E-state index in [4.69, 9.17) is 4.74 Å². The lowest BCUT2D eigenvalue weighted by Gasteiger charge is -2.32. The molecule has 0 saturated carbocycles. The van der Waals surface area contributed by atoms with Gasteiger partial charge in [0.15, 0.2) is 0 Å². The highest BCUT2D eigenvalue weighted by Crippen LogP contribution is 2.21. The van der Waals surface area contributed by atoms with Crippen LogP contribution in [0.15, 0.2) is 18.2 Å². The lowest BCUT2D eigenvalue weighted by molar-refractivity contribution is 0.0571. The molecule has 2 aliphatic heterocycles. The Morgan fingerprint density at radius 2 is 2.33 bits per heavy atom. The minimum absolute atomic E-state index is 0.171. The number of amides is 1. The Morgan fingerprint density at radius 1 is 1.43 bits per heavy atom. The van der Waals surface area contributed by atoms with Crippen LogP contribution < -0.4 is 5.32 Å². The monoisotopic (exact) mass is 288 g/mol. The van der Waals surface area contributed by atoms with E-state index in [1.165, 1.54) is 11.1 Å². The Kier molecular flexibility index (Phi) is 4.56. The molecule has 21 heavy (non-hydrogen) atoms. The molecule has 0 aromatic heterocycles.